The Hall–Kier alpha value is -0.900. The summed E-state index contributed by atoms with van der Waals surface area (Å²) in [6.45, 7) is 0. The summed E-state index contributed by atoms with van der Waals surface area (Å²) in [6, 6.07) is 0.162. The summed E-state index contributed by atoms with van der Waals surface area (Å²) < 4.78 is 1.77. The molecule has 2 rings (SSSR count). The third kappa shape index (κ3) is 0.593. The van der Waals surface area contributed by atoms with Gasteiger partial charge in [-0.05, 0) is 12.8 Å². The predicted octanol–water partition coefficient (Wildman–Crippen LogP) is -0.239. The predicted molar refractivity (Wildman–Crippen MR) is 36.3 cm³/mol. The SMILES string of the molecule is Cn1nnc2c1C(N)CC2. The van der Waals surface area contributed by atoms with Crippen molar-refractivity contribution in [2.75, 3.05) is 0 Å². The molecule has 1 unspecified atom stereocenters. The minimum atomic E-state index is 0.162. The highest BCUT2D eigenvalue weighted by Crippen LogP contribution is 2.25. The van der Waals surface area contributed by atoms with E-state index in [4.69, 9.17) is 5.73 Å². The summed E-state index contributed by atoms with van der Waals surface area (Å²) >= 11 is 0. The lowest BCUT2D eigenvalue weighted by Gasteiger charge is -2.01. The van der Waals surface area contributed by atoms with E-state index < -0.39 is 0 Å². The molecule has 4 heteroatoms. The van der Waals surface area contributed by atoms with Crippen LogP contribution < -0.4 is 5.73 Å². The van der Waals surface area contributed by atoms with Gasteiger partial charge in [0.25, 0.3) is 0 Å². The van der Waals surface area contributed by atoms with Crippen molar-refractivity contribution in [3.05, 3.63) is 11.4 Å². The van der Waals surface area contributed by atoms with E-state index in [0.717, 1.165) is 24.2 Å². The first-order chi connectivity index (χ1) is 4.79. The molecule has 0 fully saturated rings. The van der Waals surface area contributed by atoms with E-state index in [2.05, 4.69) is 10.3 Å². The van der Waals surface area contributed by atoms with E-state index in [9.17, 15) is 0 Å². The molecule has 0 spiro atoms. The average Bonchev–Trinajstić information content (AvgIpc) is 2.40. The van der Waals surface area contributed by atoms with Crippen LogP contribution in [0.2, 0.25) is 0 Å². The van der Waals surface area contributed by atoms with Crippen molar-refractivity contribution in [3.63, 3.8) is 0 Å². The molecule has 0 saturated carbocycles. The molecule has 1 aliphatic rings. The molecule has 0 amide bonds. The number of hydrogen-bond acceptors (Lipinski definition) is 3. The molecular formula is C6H10N4. The van der Waals surface area contributed by atoms with E-state index in [1.807, 2.05) is 7.05 Å². The number of rotatable bonds is 0. The molecule has 2 N–H and O–H groups in total. The van der Waals surface area contributed by atoms with Gasteiger partial charge in [0.1, 0.15) is 0 Å². The van der Waals surface area contributed by atoms with Gasteiger partial charge < -0.3 is 5.73 Å². The van der Waals surface area contributed by atoms with Crippen molar-refractivity contribution >= 4 is 0 Å². The fraction of sp³-hybridized carbons (Fsp3) is 0.667. The fourth-order valence-corrected chi connectivity index (χ4v) is 1.47. The Kier molecular flexibility index (Phi) is 1.05. The summed E-state index contributed by atoms with van der Waals surface area (Å²) in [5.41, 5.74) is 7.98. The summed E-state index contributed by atoms with van der Waals surface area (Å²) in [6.07, 6.45) is 2.01. The maximum Gasteiger partial charge on any atom is 0.0876 e. The molecule has 54 valence electrons. The quantitative estimate of drug-likeness (QED) is 0.538. The largest absolute Gasteiger partial charge is 0.323 e. The van der Waals surface area contributed by atoms with E-state index >= 15 is 0 Å². The Morgan fingerprint density at radius 3 is 3.20 bits per heavy atom. The zero-order chi connectivity index (χ0) is 7.14. The van der Waals surface area contributed by atoms with Crippen LogP contribution in [0.4, 0.5) is 0 Å². The normalized spacial score (nSPS) is 23.2. The van der Waals surface area contributed by atoms with Gasteiger partial charge >= 0.3 is 0 Å². The first-order valence-electron chi connectivity index (χ1n) is 3.43. The van der Waals surface area contributed by atoms with Crippen LogP contribution in [0.25, 0.3) is 0 Å². The lowest BCUT2D eigenvalue weighted by atomic mass is 10.3. The monoisotopic (exact) mass is 138 g/mol. The van der Waals surface area contributed by atoms with Gasteiger partial charge in [-0.3, -0.25) is 4.68 Å². The van der Waals surface area contributed by atoms with Crippen LogP contribution in [-0.4, -0.2) is 15.0 Å². The highest BCUT2D eigenvalue weighted by molar-refractivity contribution is 5.20. The number of fused-ring (bicyclic) bond motifs is 1. The fourth-order valence-electron chi connectivity index (χ4n) is 1.47. The molecule has 1 aliphatic carbocycles. The van der Waals surface area contributed by atoms with Gasteiger partial charge in [-0.15, -0.1) is 5.10 Å². The average molecular weight is 138 g/mol. The van der Waals surface area contributed by atoms with E-state index in [1.165, 1.54) is 0 Å². The second kappa shape index (κ2) is 1.79. The maximum atomic E-state index is 5.79. The first kappa shape index (κ1) is 5.85. The van der Waals surface area contributed by atoms with Crippen LogP contribution in [0.3, 0.4) is 0 Å². The summed E-state index contributed by atoms with van der Waals surface area (Å²) in [5.74, 6) is 0. The van der Waals surface area contributed by atoms with Gasteiger partial charge in [-0.25, -0.2) is 0 Å². The minimum absolute atomic E-state index is 0.162. The third-order valence-corrected chi connectivity index (χ3v) is 1.99. The zero-order valence-corrected chi connectivity index (χ0v) is 5.91. The van der Waals surface area contributed by atoms with Crippen molar-refractivity contribution in [3.8, 4) is 0 Å². The number of aryl methyl sites for hydroxylation is 2. The Balaban J connectivity index is 2.54. The van der Waals surface area contributed by atoms with Crippen molar-refractivity contribution in [1.29, 1.82) is 0 Å². The maximum absolute atomic E-state index is 5.79. The Morgan fingerprint density at radius 2 is 2.50 bits per heavy atom. The summed E-state index contributed by atoms with van der Waals surface area (Å²) in [7, 11) is 1.89. The topological polar surface area (TPSA) is 56.7 Å². The molecule has 0 aliphatic heterocycles. The van der Waals surface area contributed by atoms with Crippen molar-refractivity contribution in [1.82, 2.24) is 15.0 Å². The highest BCUT2D eigenvalue weighted by atomic mass is 15.4. The Labute approximate surface area is 59.0 Å². The van der Waals surface area contributed by atoms with E-state index in [-0.39, 0.29) is 6.04 Å². The second-order valence-electron chi connectivity index (χ2n) is 2.69. The molecule has 0 bridgehead atoms. The zero-order valence-electron chi connectivity index (χ0n) is 5.91. The Morgan fingerprint density at radius 1 is 1.70 bits per heavy atom. The molecule has 1 atom stereocenters. The minimum Gasteiger partial charge on any atom is -0.323 e. The van der Waals surface area contributed by atoms with Crippen LogP contribution >= 0.6 is 0 Å². The van der Waals surface area contributed by atoms with Crippen LogP contribution in [0, 0.1) is 0 Å². The van der Waals surface area contributed by atoms with E-state index in [1.54, 1.807) is 4.68 Å². The van der Waals surface area contributed by atoms with Crippen LogP contribution in [0.15, 0.2) is 0 Å². The van der Waals surface area contributed by atoms with Crippen LogP contribution in [0.1, 0.15) is 23.9 Å². The number of nitrogens with zero attached hydrogens (tertiary/aromatic N) is 3. The van der Waals surface area contributed by atoms with Gasteiger partial charge in [0, 0.05) is 13.1 Å². The van der Waals surface area contributed by atoms with Gasteiger partial charge in [0.05, 0.1) is 11.4 Å². The summed E-state index contributed by atoms with van der Waals surface area (Å²) in [5, 5.41) is 7.86. The smallest absolute Gasteiger partial charge is 0.0876 e. The molecule has 1 heterocycles. The van der Waals surface area contributed by atoms with E-state index in [0.29, 0.717) is 0 Å². The molecule has 0 radical (unpaired) electrons. The number of hydrogen-bond donors (Lipinski definition) is 1. The standard InChI is InChI=1S/C6H10N4/c1-10-6-4(7)2-3-5(6)8-9-10/h4H,2-3,7H2,1H3. The molecule has 10 heavy (non-hydrogen) atoms. The van der Waals surface area contributed by atoms with Crippen LogP contribution in [0.5, 0.6) is 0 Å². The van der Waals surface area contributed by atoms with Gasteiger partial charge in [-0.2, -0.15) is 0 Å². The number of aromatic nitrogens is 3. The summed E-state index contributed by atoms with van der Waals surface area (Å²) in [4.78, 5) is 0. The molecular weight excluding hydrogens is 128 g/mol. The number of nitrogens with two attached hydrogens (primary N) is 1. The third-order valence-electron chi connectivity index (χ3n) is 1.99. The van der Waals surface area contributed by atoms with Gasteiger partial charge in [-0.1, -0.05) is 5.21 Å². The second-order valence-corrected chi connectivity index (χ2v) is 2.69. The molecule has 4 nitrogen and oxygen atoms in total. The molecule has 0 saturated heterocycles. The molecule has 1 aromatic rings. The highest BCUT2D eigenvalue weighted by Gasteiger charge is 2.24. The van der Waals surface area contributed by atoms with Gasteiger partial charge in [0.15, 0.2) is 0 Å². The van der Waals surface area contributed by atoms with Crippen molar-refractivity contribution < 1.29 is 0 Å². The lowest BCUT2D eigenvalue weighted by molar-refractivity contribution is 0.598. The first-order valence-corrected chi connectivity index (χ1v) is 3.43. The lowest BCUT2D eigenvalue weighted by Crippen LogP contribution is -2.10. The molecule has 1 aromatic heterocycles. The van der Waals surface area contributed by atoms with Crippen molar-refractivity contribution in [2.45, 2.75) is 18.9 Å². The van der Waals surface area contributed by atoms with Crippen molar-refractivity contribution in [2.24, 2.45) is 12.8 Å². The van der Waals surface area contributed by atoms with Gasteiger partial charge in [0.2, 0.25) is 0 Å². The van der Waals surface area contributed by atoms with Crippen LogP contribution in [-0.2, 0) is 13.5 Å². The Bertz CT molecular complexity index is 252. The molecule has 0 aromatic carbocycles.